The van der Waals surface area contributed by atoms with Crippen LogP contribution in [0.2, 0.25) is 0 Å². The van der Waals surface area contributed by atoms with Crippen molar-refractivity contribution in [1.29, 1.82) is 0 Å². The van der Waals surface area contributed by atoms with Gasteiger partial charge in [-0.05, 0) is 33.3 Å². The number of hydrogen-bond donors (Lipinski definition) is 0. The van der Waals surface area contributed by atoms with Crippen molar-refractivity contribution in [2.24, 2.45) is 0 Å². The third kappa shape index (κ3) is 2.88. The van der Waals surface area contributed by atoms with Gasteiger partial charge in [0.15, 0.2) is 0 Å². The highest BCUT2D eigenvalue weighted by atomic mass is 16.2. The van der Waals surface area contributed by atoms with E-state index >= 15 is 0 Å². The number of carbonyl (C=O) groups is 1. The van der Waals surface area contributed by atoms with E-state index in [1.807, 2.05) is 45.8 Å². The summed E-state index contributed by atoms with van der Waals surface area (Å²) in [6, 6.07) is 1.92. The Morgan fingerprint density at radius 1 is 1.11 bits per heavy atom. The summed E-state index contributed by atoms with van der Waals surface area (Å²) in [5, 5.41) is 8.18. The number of hydrogen-bond acceptors (Lipinski definition) is 7. The van der Waals surface area contributed by atoms with Gasteiger partial charge in [0.25, 0.3) is 11.7 Å². The third-order valence-corrected chi connectivity index (χ3v) is 4.75. The molecule has 0 fully saturated rings. The Morgan fingerprint density at radius 2 is 1.89 bits per heavy atom. The maximum atomic E-state index is 13.1. The van der Waals surface area contributed by atoms with Crippen molar-refractivity contribution < 1.29 is 4.79 Å². The van der Waals surface area contributed by atoms with Gasteiger partial charge in [-0.1, -0.05) is 0 Å². The zero-order valence-electron chi connectivity index (χ0n) is 16.2. The minimum Gasteiger partial charge on any atom is -0.362 e. The second-order valence-electron chi connectivity index (χ2n) is 7.09. The molecule has 140 valence electrons. The normalized spacial score (nSPS) is 13.7. The van der Waals surface area contributed by atoms with Crippen LogP contribution in [0.25, 0.3) is 5.78 Å². The fraction of sp³-hybridized carbons (Fsp3) is 0.444. The monoisotopic (exact) mass is 366 g/mol. The summed E-state index contributed by atoms with van der Waals surface area (Å²) in [4.78, 5) is 30.4. The quantitative estimate of drug-likeness (QED) is 0.670. The van der Waals surface area contributed by atoms with E-state index in [0.717, 1.165) is 28.5 Å². The van der Waals surface area contributed by atoms with Gasteiger partial charge >= 0.3 is 0 Å². The van der Waals surface area contributed by atoms with Crippen LogP contribution in [-0.4, -0.2) is 61.0 Å². The van der Waals surface area contributed by atoms with Crippen LogP contribution < -0.4 is 4.90 Å². The van der Waals surface area contributed by atoms with Crippen molar-refractivity contribution in [3.63, 3.8) is 0 Å². The SMILES string of the molecule is Cc1cc(C)n2c(C(=O)N3CCc4c(nc(C)nc4N(C)C)C3)nnc2n1. The molecule has 0 radical (unpaired) electrons. The number of fused-ring (bicyclic) bond motifs is 2. The fourth-order valence-corrected chi connectivity index (χ4v) is 3.58. The van der Waals surface area contributed by atoms with E-state index in [1.54, 1.807) is 9.30 Å². The molecule has 0 bridgehead atoms. The summed E-state index contributed by atoms with van der Waals surface area (Å²) in [5.74, 6) is 2.20. The van der Waals surface area contributed by atoms with Gasteiger partial charge in [0.2, 0.25) is 5.82 Å². The van der Waals surface area contributed by atoms with Crippen molar-refractivity contribution in [2.45, 2.75) is 33.7 Å². The highest BCUT2D eigenvalue weighted by molar-refractivity contribution is 5.91. The molecule has 0 N–H and O–H groups in total. The van der Waals surface area contributed by atoms with Crippen LogP contribution in [0.3, 0.4) is 0 Å². The van der Waals surface area contributed by atoms with Crippen LogP contribution in [0.5, 0.6) is 0 Å². The average Bonchev–Trinajstić information content (AvgIpc) is 3.03. The van der Waals surface area contributed by atoms with Crippen LogP contribution in [0.4, 0.5) is 5.82 Å². The molecule has 0 atom stereocenters. The molecule has 1 aliphatic rings. The van der Waals surface area contributed by atoms with Crippen molar-refractivity contribution in [2.75, 3.05) is 25.5 Å². The highest BCUT2D eigenvalue weighted by Crippen LogP contribution is 2.26. The maximum Gasteiger partial charge on any atom is 0.292 e. The van der Waals surface area contributed by atoms with E-state index in [0.29, 0.717) is 31.1 Å². The van der Waals surface area contributed by atoms with Crippen LogP contribution in [0, 0.1) is 20.8 Å². The first kappa shape index (κ1) is 17.3. The van der Waals surface area contributed by atoms with E-state index in [-0.39, 0.29) is 11.7 Å². The Morgan fingerprint density at radius 3 is 2.63 bits per heavy atom. The van der Waals surface area contributed by atoms with Crippen LogP contribution in [0.1, 0.15) is 39.1 Å². The minimum atomic E-state index is -0.162. The van der Waals surface area contributed by atoms with Gasteiger partial charge in [-0.2, -0.15) is 0 Å². The van der Waals surface area contributed by atoms with Crippen LogP contribution >= 0.6 is 0 Å². The molecular weight excluding hydrogens is 344 g/mol. The molecule has 0 saturated carbocycles. The van der Waals surface area contributed by atoms with E-state index in [9.17, 15) is 4.79 Å². The lowest BCUT2D eigenvalue weighted by Crippen LogP contribution is -2.38. The Kier molecular flexibility index (Phi) is 4.01. The second-order valence-corrected chi connectivity index (χ2v) is 7.09. The minimum absolute atomic E-state index is 0.162. The molecule has 4 heterocycles. The first-order chi connectivity index (χ1) is 12.8. The van der Waals surface area contributed by atoms with Gasteiger partial charge < -0.3 is 9.80 Å². The van der Waals surface area contributed by atoms with Gasteiger partial charge in [0, 0.05) is 37.6 Å². The largest absolute Gasteiger partial charge is 0.362 e. The molecule has 0 spiro atoms. The fourth-order valence-electron chi connectivity index (χ4n) is 3.58. The van der Waals surface area contributed by atoms with Gasteiger partial charge in [-0.25, -0.2) is 15.0 Å². The standard InChI is InChI=1S/C18H22N8O/c1-10-8-11(2)26-16(22-23-18(26)19-10)17(27)25-7-6-13-14(9-25)20-12(3)21-15(13)24(4)5/h8H,6-7,9H2,1-5H3. The van der Waals surface area contributed by atoms with E-state index in [1.165, 1.54) is 0 Å². The summed E-state index contributed by atoms with van der Waals surface area (Å²) >= 11 is 0. The zero-order chi connectivity index (χ0) is 19.3. The van der Waals surface area contributed by atoms with E-state index in [2.05, 4.69) is 25.1 Å². The van der Waals surface area contributed by atoms with E-state index in [4.69, 9.17) is 0 Å². The molecular formula is C18H22N8O. The maximum absolute atomic E-state index is 13.1. The Labute approximate surface area is 157 Å². The summed E-state index contributed by atoms with van der Waals surface area (Å²) < 4.78 is 1.71. The number of anilines is 1. The molecule has 4 rings (SSSR count). The molecule has 1 amide bonds. The Bertz CT molecular complexity index is 1060. The predicted molar refractivity (Wildman–Crippen MR) is 99.8 cm³/mol. The van der Waals surface area contributed by atoms with Crippen molar-refractivity contribution in [1.82, 2.24) is 34.4 Å². The highest BCUT2D eigenvalue weighted by Gasteiger charge is 2.29. The van der Waals surface area contributed by atoms with Crippen LogP contribution in [0.15, 0.2) is 6.07 Å². The smallest absolute Gasteiger partial charge is 0.292 e. The summed E-state index contributed by atoms with van der Waals surface area (Å²) in [5.41, 5.74) is 3.73. The lowest BCUT2D eigenvalue weighted by molar-refractivity contribution is 0.0717. The predicted octanol–water partition coefficient (Wildman–Crippen LogP) is 1.10. The molecule has 0 aliphatic carbocycles. The number of aryl methyl sites for hydroxylation is 3. The van der Waals surface area contributed by atoms with Gasteiger partial charge in [0.1, 0.15) is 11.6 Å². The lowest BCUT2D eigenvalue weighted by Gasteiger charge is -2.30. The number of aromatic nitrogens is 6. The van der Waals surface area contributed by atoms with Gasteiger partial charge in [0.05, 0.1) is 12.2 Å². The second kappa shape index (κ2) is 6.26. The van der Waals surface area contributed by atoms with Crippen LogP contribution in [-0.2, 0) is 13.0 Å². The molecule has 9 heteroatoms. The first-order valence-corrected chi connectivity index (χ1v) is 8.87. The lowest BCUT2D eigenvalue weighted by atomic mass is 10.0. The van der Waals surface area contributed by atoms with Gasteiger partial charge in [-0.3, -0.25) is 9.20 Å². The average molecular weight is 366 g/mol. The topological polar surface area (TPSA) is 92.4 Å². The Balaban J connectivity index is 1.70. The molecule has 3 aromatic rings. The number of nitrogens with zero attached hydrogens (tertiary/aromatic N) is 8. The molecule has 3 aromatic heterocycles. The molecule has 1 aliphatic heterocycles. The molecule has 0 saturated heterocycles. The zero-order valence-corrected chi connectivity index (χ0v) is 16.2. The first-order valence-electron chi connectivity index (χ1n) is 8.87. The summed E-state index contributed by atoms with van der Waals surface area (Å²) in [6.07, 6.45) is 0.710. The number of carbonyl (C=O) groups excluding carboxylic acids is 1. The molecule has 0 aromatic carbocycles. The molecule has 0 unspecified atom stereocenters. The molecule has 9 nitrogen and oxygen atoms in total. The number of rotatable bonds is 2. The van der Waals surface area contributed by atoms with Gasteiger partial charge in [-0.15, -0.1) is 10.2 Å². The summed E-state index contributed by atoms with van der Waals surface area (Å²) in [7, 11) is 3.94. The molecule has 27 heavy (non-hydrogen) atoms. The van der Waals surface area contributed by atoms with Crippen molar-refractivity contribution in [3.8, 4) is 0 Å². The van der Waals surface area contributed by atoms with Crippen molar-refractivity contribution >= 4 is 17.5 Å². The summed E-state index contributed by atoms with van der Waals surface area (Å²) in [6.45, 7) is 6.72. The third-order valence-electron chi connectivity index (χ3n) is 4.75. The Hall–Kier alpha value is -3.10. The van der Waals surface area contributed by atoms with Crippen molar-refractivity contribution in [3.05, 3.63) is 40.4 Å². The van der Waals surface area contributed by atoms with E-state index < -0.39 is 0 Å². The number of amides is 1.